The molecule has 1 aliphatic heterocycles. The SMILES string of the molecule is Cc1ccc(I)c(C)c1C(=O)Oc1cccc2c([S+]3CCCC3)cccc12. The summed E-state index contributed by atoms with van der Waals surface area (Å²) in [4.78, 5) is 14.4. The second-order valence-corrected chi connectivity index (χ2v) is 10.4. The van der Waals surface area contributed by atoms with E-state index in [9.17, 15) is 4.79 Å². The van der Waals surface area contributed by atoms with Gasteiger partial charge in [-0.05, 0) is 84.7 Å². The van der Waals surface area contributed by atoms with Crippen molar-refractivity contribution < 1.29 is 9.53 Å². The van der Waals surface area contributed by atoms with Crippen LogP contribution in [0.1, 0.15) is 34.3 Å². The van der Waals surface area contributed by atoms with Gasteiger partial charge in [-0.3, -0.25) is 0 Å². The van der Waals surface area contributed by atoms with Crippen molar-refractivity contribution in [1.82, 2.24) is 0 Å². The third-order valence-electron chi connectivity index (χ3n) is 5.20. The molecule has 0 aromatic heterocycles. The Labute approximate surface area is 176 Å². The summed E-state index contributed by atoms with van der Waals surface area (Å²) in [5.74, 6) is 2.94. The summed E-state index contributed by atoms with van der Waals surface area (Å²) < 4.78 is 6.99. The Morgan fingerprint density at radius 2 is 1.67 bits per heavy atom. The number of carbonyl (C=O) groups excluding carboxylic acids is 1. The van der Waals surface area contributed by atoms with Gasteiger partial charge in [0, 0.05) is 25.2 Å². The number of rotatable bonds is 3. The summed E-state index contributed by atoms with van der Waals surface area (Å²) >= 11 is 2.26. The predicted molar refractivity (Wildman–Crippen MR) is 122 cm³/mol. The van der Waals surface area contributed by atoms with Gasteiger partial charge in [0.1, 0.15) is 17.3 Å². The molecule has 4 rings (SSSR count). The number of fused-ring (bicyclic) bond motifs is 1. The van der Waals surface area contributed by atoms with E-state index in [1.54, 1.807) is 0 Å². The molecule has 2 nitrogen and oxygen atoms in total. The molecule has 0 unspecified atom stereocenters. The number of ether oxygens (including phenoxy) is 1. The summed E-state index contributed by atoms with van der Waals surface area (Å²) in [6.45, 7) is 3.94. The van der Waals surface area contributed by atoms with Crippen molar-refractivity contribution in [2.75, 3.05) is 11.5 Å². The van der Waals surface area contributed by atoms with Gasteiger partial charge in [0.2, 0.25) is 0 Å². The molecule has 0 saturated carbocycles. The maximum Gasteiger partial charge on any atom is 0.344 e. The number of hydrogen-bond donors (Lipinski definition) is 0. The van der Waals surface area contributed by atoms with E-state index in [0.29, 0.717) is 22.2 Å². The Morgan fingerprint density at radius 1 is 0.963 bits per heavy atom. The lowest BCUT2D eigenvalue weighted by Gasteiger charge is -2.13. The fourth-order valence-electron chi connectivity index (χ4n) is 3.75. The first-order valence-corrected chi connectivity index (χ1v) is 11.9. The fourth-order valence-corrected chi connectivity index (χ4v) is 6.71. The topological polar surface area (TPSA) is 26.3 Å². The monoisotopic (exact) mass is 489 g/mol. The van der Waals surface area contributed by atoms with Crippen LogP contribution in [-0.4, -0.2) is 17.5 Å². The van der Waals surface area contributed by atoms with Crippen LogP contribution in [0, 0.1) is 17.4 Å². The van der Waals surface area contributed by atoms with Crippen LogP contribution in [0.4, 0.5) is 0 Å². The maximum atomic E-state index is 13.0. The fraction of sp³-hybridized carbons (Fsp3) is 0.261. The summed E-state index contributed by atoms with van der Waals surface area (Å²) in [6, 6.07) is 16.5. The number of halogens is 1. The lowest BCUT2D eigenvalue weighted by Crippen LogP contribution is -2.13. The predicted octanol–water partition coefficient (Wildman–Crippen LogP) is 6.05. The lowest BCUT2D eigenvalue weighted by atomic mass is 10.0. The smallest absolute Gasteiger partial charge is 0.344 e. The first-order chi connectivity index (χ1) is 13.1. The van der Waals surface area contributed by atoms with Crippen molar-refractivity contribution in [1.29, 1.82) is 0 Å². The molecular formula is C23H22IO2S+. The Morgan fingerprint density at radius 3 is 2.44 bits per heavy atom. The minimum atomic E-state index is -0.273. The summed E-state index contributed by atoms with van der Waals surface area (Å²) in [7, 11) is 0.326. The van der Waals surface area contributed by atoms with E-state index in [1.807, 2.05) is 38.1 Å². The lowest BCUT2D eigenvalue weighted by molar-refractivity contribution is 0.0735. The minimum absolute atomic E-state index is 0.273. The molecule has 0 amide bonds. The molecule has 138 valence electrons. The quantitative estimate of drug-likeness (QED) is 0.194. The summed E-state index contributed by atoms with van der Waals surface area (Å²) in [6.07, 6.45) is 2.64. The van der Waals surface area contributed by atoms with Crippen molar-refractivity contribution in [2.45, 2.75) is 31.6 Å². The van der Waals surface area contributed by atoms with Gasteiger partial charge in [0.15, 0.2) is 4.90 Å². The van der Waals surface area contributed by atoms with Crippen molar-refractivity contribution in [3.05, 3.63) is 68.8 Å². The normalized spacial score (nSPS) is 14.6. The Balaban J connectivity index is 1.74. The second-order valence-electron chi connectivity index (χ2n) is 6.97. The Kier molecular flexibility index (Phi) is 5.46. The van der Waals surface area contributed by atoms with Crippen LogP contribution in [0.5, 0.6) is 5.75 Å². The molecule has 1 fully saturated rings. The molecule has 0 atom stereocenters. The highest BCUT2D eigenvalue weighted by atomic mass is 127. The van der Waals surface area contributed by atoms with E-state index in [-0.39, 0.29) is 5.97 Å². The highest BCUT2D eigenvalue weighted by molar-refractivity contribution is 14.1. The average Bonchev–Trinajstić information content (AvgIpc) is 3.19. The molecular weight excluding hydrogens is 467 g/mol. The molecule has 1 saturated heterocycles. The Hall–Kier alpha value is -1.53. The van der Waals surface area contributed by atoms with Gasteiger partial charge in [-0.2, -0.15) is 0 Å². The molecule has 3 aromatic rings. The number of hydrogen-bond acceptors (Lipinski definition) is 2. The minimum Gasteiger partial charge on any atom is -0.422 e. The highest BCUT2D eigenvalue weighted by Crippen LogP contribution is 2.34. The zero-order chi connectivity index (χ0) is 19.0. The van der Waals surface area contributed by atoms with Gasteiger partial charge >= 0.3 is 5.97 Å². The van der Waals surface area contributed by atoms with Crippen molar-refractivity contribution in [3.8, 4) is 5.75 Å². The molecule has 3 aromatic carbocycles. The number of aryl methyl sites for hydroxylation is 1. The van der Waals surface area contributed by atoms with Crippen LogP contribution < -0.4 is 4.74 Å². The van der Waals surface area contributed by atoms with Gasteiger partial charge in [-0.15, -0.1) is 0 Å². The first kappa shape index (κ1) is 18.8. The molecule has 0 N–H and O–H groups in total. The van der Waals surface area contributed by atoms with Crippen molar-refractivity contribution >= 4 is 50.2 Å². The van der Waals surface area contributed by atoms with E-state index >= 15 is 0 Å². The largest absolute Gasteiger partial charge is 0.422 e. The third-order valence-corrected chi connectivity index (χ3v) is 8.91. The second kappa shape index (κ2) is 7.84. The van der Waals surface area contributed by atoms with Gasteiger partial charge in [0.25, 0.3) is 0 Å². The molecule has 1 heterocycles. The third kappa shape index (κ3) is 3.61. The van der Waals surface area contributed by atoms with Crippen LogP contribution in [0.15, 0.2) is 53.4 Å². The van der Waals surface area contributed by atoms with Crippen molar-refractivity contribution in [3.63, 3.8) is 0 Å². The van der Waals surface area contributed by atoms with Crippen molar-refractivity contribution in [2.24, 2.45) is 0 Å². The molecule has 0 bridgehead atoms. The maximum absolute atomic E-state index is 13.0. The molecule has 0 aliphatic carbocycles. The molecule has 1 aliphatic rings. The number of esters is 1. The van der Waals surface area contributed by atoms with Crippen LogP contribution in [0.2, 0.25) is 0 Å². The number of benzene rings is 3. The van der Waals surface area contributed by atoms with E-state index in [4.69, 9.17) is 4.74 Å². The van der Waals surface area contributed by atoms with E-state index in [2.05, 4.69) is 46.9 Å². The van der Waals surface area contributed by atoms with Crippen LogP contribution in [0.25, 0.3) is 10.8 Å². The Bertz CT molecular complexity index is 1020. The zero-order valence-corrected chi connectivity index (χ0v) is 18.5. The van der Waals surface area contributed by atoms with Gasteiger partial charge in [0.05, 0.1) is 5.56 Å². The molecule has 4 heteroatoms. The molecule has 27 heavy (non-hydrogen) atoms. The average molecular weight is 489 g/mol. The zero-order valence-electron chi connectivity index (χ0n) is 15.5. The van der Waals surface area contributed by atoms with E-state index in [0.717, 1.165) is 20.1 Å². The van der Waals surface area contributed by atoms with Crippen LogP contribution in [0.3, 0.4) is 0 Å². The summed E-state index contributed by atoms with van der Waals surface area (Å²) in [5.41, 5.74) is 2.60. The van der Waals surface area contributed by atoms with Crippen LogP contribution >= 0.6 is 22.6 Å². The summed E-state index contributed by atoms with van der Waals surface area (Å²) in [5, 5.41) is 2.26. The first-order valence-electron chi connectivity index (χ1n) is 9.23. The van der Waals surface area contributed by atoms with Gasteiger partial charge in [-0.25, -0.2) is 4.79 Å². The van der Waals surface area contributed by atoms with E-state index < -0.39 is 0 Å². The van der Waals surface area contributed by atoms with Gasteiger partial charge < -0.3 is 4.74 Å². The van der Waals surface area contributed by atoms with Crippen LogP contribution in [-0.2, 0) is 10.9 Å². The number of carbonyl (C=O) groups is 1. The van der Waals surface area contributed by atoms with E-state index in [1.165, 1.54) is 34.6 Å². The standard InChI is InChI=1S/C23H22IO2S/c1-15-11-12-19(24)16(2)22(15)23(25)26-20-9-5-8-18-17(20)7-6-10-21(18)27-13-3-4-14-27/h5-12H,3-4,13-14H2,1-2H3/q+1. The molecule has 0 spiro atoms. The molecule has 0 radical (unpaired) electrons. The highest BCUT2D eigenvalue weighted by Gasteiger charge is 2.29. The van der Waals surface area contributed by atoms with Gasteiger partial charge in [-0.1, -0.05) is 24.3 Å².